The van der Waals surface area contributed by atoms with E-state index >= 15 is 0 Å². The first-order chi connectivity index (χ1) is 7.20. The van der Waals surface area contributed by atoms with E-state index in [0.717, 1.165) is 0 Å². The summed E-state index contributed by atoms with van der Waals surface area (Å²) >= 11 is 3.07. The van der Waals surface area contributed by atoms with Crippen LogP contribution in [0.3, 0.4) is 0 Å². The Morgan fingerprint density at radius 3 is 2.80 bits per heavy atom. The number of hydrogen-bond acceptors (Lipinski definition) is 2. The first kappa shape index (κ1) is 10.4. The lowest BCUT2D eigenvalue weighted by Crippen LogP contribution is -2.01. The summed E-state index contributed by atoms with van der Waals surface area (Å²) in [4.78, 5) is 0. The van der Waals surface area contributed by atoms with Gasteiger partial charge >= 0.3 is 0 Å². The molecular formula is C11H8BrFO2. The van der Waals surface area contributed by atoms with Gasteiger partial charge in [-0.25, -0.2) is 4.39 Å². The van der Waals surface area contributed by atoms with E-state index in [1.54, 1.807) is 18.2 Å². The summed E-state index contributed by atoms with van der Waals surface area (Å²) in [6.07, 6.45) is 1.83. The molecule has 2 aromatic rings. The Hall–Kier alpha value is -1.13. The highest BCUT2D eigenvalue weighted by Gasteiger charge is 2.17. The summed E-state index contributed by atoms with van der Waals surface area (Å²) in [6, 6.07) is 6.40. The van der Waals surface area contributed by atoms with Crippen molar-refractivity contribution in [1.29, 1.82) is 0 Å². The van der Waals surface area contributed by atoms with Crippen molar-refractivity contribution in [3.63, 3.8) is 0 Å². The molecule has 0 bridgehead atoms. The smallest absolute Gasteiger partial charge is 0.143 e. The number of furan rings is 1. The molecule has 0 fully saturated rings. The van der Waals surface area contributed by atoms with Gasteiger partial charge in [0.1, 0.15) is 11.9 Å². The Labute approximate surface area is 94.5 Å². The van der Waals surface area contributed by atoms with Gasteiger partial charge in [0.05, 0.1) is 17.0 Å². The Morgan fingerprint density at radius 2 is 2.13 bits per heavy atom. The predicted molar refractivity (Wildman–Crippen MR) is 56.9 cm³/mol. The van der Waals surface area contributed by atoms with Crippen LogP contribution in [0.2, 0.25) is 0 Å². The molecule has 0 saturated carbocycles. The lowest BCUT2D eigenvalue weighted by Gasteiger charge is -2.10. The van der Waals surface area contributed by atoms with Crippen LogP contribution in [0.25, 0.3) is 0 Å². The minimum absolute atomic E-state index is 0.228. The molecular weight excluding hydrogens is 263 g/mol. The minimum Gasteiger partial charge on any atom is -0.472 e. The third-order valence-electron chi connectivity index (χ3n) is 2.13. The first-order valence-electron chi connectivity index (χ1n) is 4.34. The molecule has 1 aromatic carbocycles. The van der Waals surface area contributed by atoms with Crippen molar-refractivity contribution in [1.82, 2.24) is 0 Å². The first-order valence-corrected chi connectivity index (χ1v) is 5.13. The van der Waals surface area contributed by atoms with Crippen molar-refractivity contribution in [3.8, 4) is 0 Å². The maximum atomic E-state index is 13.6. The summed E-state index contributed by atoms with van der Waals surface area (Å²) in [5.41, 5.74) is 0.762. The van der Waals surface area contributed by atoms with Crippen LogP contribution in [0.15, 0.2) is 45.7 Å². The van der Waals surface area contributed by atoms with Crippen LogP contribution >= 0.6 is 15.9 Å². The number of halogens is 2. The van der Waals surface area contributed by atoms with Crippen LogP contribution in [0, 0.1) is 5.82 Å². The van der Waals surface area contributed by atoms with Gasteiger partial charge in [0.2, 0.25) is 0 Å². The zero-order valence-electron chi connectivity index (χ0n) is 7.65. The number of aliphatic hydroxyl groups excluding tert-OH is 1. The molecule has 0 radical (unpaired) electrons. The molecule has 0 aliphatic heterocycles. The summed E-state index contributed by atoms with van der Waals surface area (Å²) in [5.74, 6) is -0.453. The number of hydrogen-bond donors (Lipinski definition) is 1. The summed E-state index contributed by atoms with van der Waals surface area (Å²) in [6.45, 7) is 0. The Morgan fingerprint density at radius 1 is 1.33 bits per heavy atom. The SMILES string of the molecule is OC(c1ccoc1)c1cccc(Br)c1F. The van der Waals surface area contributed by atoms with E-state index in [-0.39, 0.29) is 5.56 Å². The fourth-order valence-corrected chi connectivity index (χ4v) is 1.72. The molecule has 0 amide bonds. The highest BCUT2D eigenvalue weighted by atomic mass is 79.9. The average Bonchev–Trinajstić information content (AvgIpc) is 2.74. The van der Waals surface area contributed by atoms with Crippen molar-refractivity contribution >= 4 is 15.9 Å². The Balaban J connectivity index is 2.42. The van der Waals surface area contributed by atoms with Gasteiger partial charge in [0, 0.05) is 11.1 Å². The second kappa shape index (κ2) is 4.16. The van der Waals surface area contributed by atoms with Crippen molar-refractivity contribution in [2.24, 2.45) is 0 Å². The molecule has 15 heavy (non-hydrogen) atoms. The highest BCUT2D eigenvalue weighted by molar-refractivity contribution is 9.10. The molecule has 1 N–H and O–H groups in total. The molecule has 1 unspecified atom stereocenters. The van der Waals surface area contributed by atoms with Gasteiger partial charge in [-0.2, -0.15) is 0 Å². The summed E-state index contributed by atoms with van der Waals surface area (Å²) < 4.78 is 18.8. The standard InChI is InChI=1S/C11H8BrFO2/c12-9-3-1-2-8(10(9)13)11(14)7-4-5-15-6-7/h1-6,11,14H. The van der Waals surface area contributed by atoms with Crippen LogP contribution < -0.4 is 0 Å². The van der Waals surface area contributed by atoms with Gasteiger partial charge in [-0.1, -0.05) is 12.1 Å². The van der Waals surface area contributed by atoms with Crippen LogP contribution in [-0.4, -0.2) is 5.11 Å². The molecule has 0 spiro atoms. The molecule has 0 aliphatic rings. The monoisotopic (exact) mass is 270 g/mol. The largest absolute Gasteiger partial charge is 0.472 e. The normalized spacial score (nSPS) is 12.7. The Kier molecular flexibility index (Phi) is 2.88. The van der Waals surface area contributed by atoms with E-state index in [1.807, 2.05) is 0 Å². The molecule has 0 aliphatic carbocycles. The molecule has 1 atom stereocenters. The zero-order valence-corrected chi connectivity index (χ0v) is 9.24. The molecule has 2 rings (SSSR count). The zero-order chi connectivity index (χ0) is 10.8. The minimum atomic E-state index is -0.999. The van der Waals surface area contributed by atoms with E-state index in [1.165, 1.54) is 18.6 Å². The van der Waals surface area contributed by atoms with Crippen molar-refractivity contribution < 1.29 is 13.9 Å². The maximum Gasteiger partial charge on any atom is 0.143 e. The van der Waals surface area contributed by atoms with Gasteiger partial charge in [-0.15, -0.1) is 0 Å². The van der Waals surface area contributed by atoms with Gasteiger partial charge < -0.3 is 9.52 Å². The summed E-state index contributed by atoms with van der Waals surface area (Å²) in [5, 5.41) is 9.87. The van der Waals surface area contributed by atoms with Crippen LogP contribution in [0.1, 0.15) is 17.2 Å². The fraction of sp³-hybridized carbons (Fsp3) is 0.0909. The van der Waals surface area contributed by atoms with Crippen LogP contribution in [0.4, 0.5) is 4.39 Å². The van der Waals surface area contributed by atoms with Gasteiger partial charge in [0.25, 0.3) is 0 Å². The van der Waals surface area contributed by atoms with E-state index in [2.05, 4.69) is 15.9 Å². The maximum absolute atomic E-state index is 13.6. The fourth-order valence-electron chi connectivity index (χ4n) is 1.34. The average molecular weight is 271 g/mol. The lowest BCUT2D eigenvalue weighted by atomic mass is 10.0. The van der Waals surface area contributed by atoms with Crippen molar-refractivity contribution in [3.05, 3.63) is 58.2 Å². The predicted octanol–water partition coefficient (Wildman–Crippen LogP) is 3.26. The molecule has 1 aromatic heterocycles. The second-order valence-electron chi connectivity index (χ2n) is 3.10. The van der Waals surface area contributed by atoms with Gasteiger partial charge in [0.15, 0.2) is 0 Å². The van der Waals surface area contributed by atoms with Crippen LogP contribution in [-0.2, 0) is 0 Å². The second-order valence-corrected chi connectivity index (χ2v) is 3.96. The Bertz CT molecular complexity index is 454. The molecule has 1 heterocycles. The van der Waals surface area contributed by atoms with E-state index in [4.69, 9.17) is 4.42 Å². The number of benzene rings is 1. The number of rotatable bonds is 2. The van der Waals surface area contributed by atoms with E-state index in [9.17, 15) is 9.50 Å². The van der Waals surface area contributed by atoms with E-state index in [0.29, 0.717) is 10.0 Å². The molecule has 78 valence electrons. The van der Waals surface area contributed by atoms with Gasteiger partial charge in [-0.3, -0.25) is 0 Å². The molecule has 2 nitrogen and oxygen atoms in total. The molecule has 0 saturated heterocycles. The third-order valence-corrected chi connectivity index (χ3v) is 2.75. The highest BCUT2D eigenvalue weighted by Crippen LogP contribution is 2.28. The topological polar surface area (TPSA) is 33.4 Å². The van der Waals surface area contributed by atoms with E-state index < -0.39 is 11.9 Å². The van der Waals surface area contributed by atoms with Gasteiger partial charge in [-0.05, 0) is 28.1 Å². The summed E-state index contributed by atoms with van der Waals surface area (Å²) in [7, 11) is 0. The van der Waals surface area contributed by atoms with Crippen molar-refractivity contribution in [2.75, 3.05) is 0 Å². The van der Waals surface area contributed by atoms with Crippen molar-refractivity contribution in [2.45, 2.75) is 6.10 Å². The third kappa shape index (κ3) is 1.96. The molecule has 4 heteroatoms. The lowest BCUT2D eigenvalue weighted by molar-refractivity contribution is 0.213. The number of aliphatic hydroxyl groups is 1. The quantitative estimate of drug-likeness (QED) is 0.909. The van der Waals surface area contributed by atoms with Crippen LogP contribution in [0.5, 0.6) is 0 Å².